The van der Waals surface area contributed by atoms with Gasteiger partial charge in [-0.15, -0.1) is 0 Å². The van der Waals surface area contributed by atoms with Gasteiger partial charge in [-0.1, -0.05) is 12.1 Å². The van der Waals surface area contributed by atoms with Crippen molar-refractivity contribution in [2.24, 2.45) is 0 Å². The van der Waals surface area contributed by atoms with Crippen LogP contribution in [-0.4, -0.2) is 33.4 Å². The molecule has 0 atom stereocenters. The van der Waals surface area contributed by atoms with Gasteiger partial charge in [0.25, 0.3) is 0 Å². The van der Waals surface area contributed by atoms with Crippen LogP contribution in [0.4, 0.5) is 5.69 Å². The van der Waals surface area contributed by atoms with E-state index in [4.69, 9.17) is 17.0 Å². The van der Waals surface area contributed by atoms with E-state index in [1.165, 1.54) is 7.11 Å². The Kier molecular flexibility index (Phi) is 5.35. The van der Waals surface area contributed by atoms with Crippen LogP contribution in [0.25, 0.3) is 11.0 Å². The SMILES string of the molecule is COc1ccc(NC(=S)NCCCn2cnc3ccccc32)cc1O. The zero-order valence-corrected chi connectivity index (χ0v) is 14.7. The number of aromatic hydroxyl groups is 1. The number of imidazole rings is 1. The quantitative estimate of drug-likeness (QED) is 0.466. The number of phenols is 1. The molecule has 0 aliphatic rings. The highest BCUT2D eigenvalue weighted by molar-refractivity contribution is 7.80. The molecule has 1 aromatic heterocycles. The van der Waals surface area contributed by atoms with Crippen LogP contribution in [-0.2, 0) is 6.54 Å². The van der Waals surface area contributed by atoms with E-state index < -0.39 is 0 Å². The Bertz CT molecular complexity index is 878. The van der Waals surface area contributed by atoms with Gasteiger partial charge in [-0.25, -0.2) is 4.98 Å². The first kappa shape index (κ1) is 17.0. The van der Waals surface area contributed by atoms with Crippen LogP contribution in [0, 0.1) is 0 Å². The Labute approximate surface area is 151 Å². The second-order valence-corrected chi connectivity index (χ2v) is 5.96. The maximum atomic E-state index is 9.77. The summed E-state index contributed by atoms with van der Waals surface area (Å²) >= 11 is 5.28. The minimum atomic E-state index is 0.0716. The third-order valence-electron chi connectivity index (χ3n) is 3.83. The zero-order valence-electron chi connectivity index (χ0n) is 13.9. The van der Waals surface area contributed by atoms with Crippen LogP contribution in [0.1, 0.15) is 6.42 Å². The van der Waals surface area contributed by atoms with Crippen molar-refractivity contribution in [2.75, 3.05) is 19.0 Å². The number of fused-ring (bicyclic) bond motifs is 1. The number of nitrogens with zero attached hydrogens (tertiary/aromatic N) is 2. The van der Waals surface area contributed by atoms with E-state index in [-0.39, 0.29) is 5.75 Å². The number of para-hydroxylation sites is 2. The van der Waals surface area contributed by atoms with Crippen LogP contribution in [0.15, 0.2) is 48.8 Å². The van der Waals surface area contributed by atoms with Crippen LogP contribution < -0.4 is 15.4 Å². The summed E-state index contributed by atoms with van der Waals surface area (Å²) in [5.74, 6) is 0.499. The van der Waals surface area contributed by atoms with Gasteiger partial charge < -0.3 is 25.0 Å². The molecule has 3 rings (SSSR count). The third-order valence-corrected chi connectivity index (χ3v) is 4.07. The highest BCUT2D eigenvalue weighted by Gasteiger charge is 2.04. The zero-order chi connectivity index (χ0) is 17.6. The maximum absolute atomic E-state index is 9.77. The van der Waals surface area contributed by atoms with Crippen LogP contribution in [0.2, 0.25) is 0 Å². The van der Waals surface area contributed by atoms with Crippen molar-refractivity contribution in [1.29, 1.82) is 0 Å². The highest BCUT2D eigenvalue weighted by atomic mass is 32.1. The molecule has 6 nitrogen and oxygen atoms in total. The fraction of sp³-hybridized carbons (Fsp3) is 0.222. The number of thiocarbonyl (C=S) groups is 1. The van der Waals surface area contributed by atoms with Crippen LogP contribution in [0.5, 0.6) is 11.5 Å². The fourth-order valence-corrected chi connectivity index (χ4v) is 2.80. The molecule has 0 saturated carbocycles. The summed E-state index contributed by atoms with van der Waals surface area (Å²) in [4.78, 5) is 4.38. The molecule has 1 heterocycles. The number of aromatic nitrogens is 2. The standard InChI is InChI=1S/C18H20N4O2S/c1-24-17-8-7-13(11-16(17)23)21-18(25)19-9-4-10-22-12-20-14-5-2-3-6-15(14)22/h2-3,5-8,11-12,23H,4,9-10H2,1H3,(H2,19,21,25). The van der Waals surface area contributed by atoms with E-state index in [2.05, 4.69) is 26.3 Å². The Morgan fingerprint density at radius 2 is 2.12 bits per heavy atom. The van der Waals surface area contributed by atoms with Crippen molar-refractivity contribution in [1.82, 2.24) is 14.9 Å². The molecule has 0 unspecified atom stereocenters. The average molecular weight is 356 g/mol. The van der Waals surface area contributed by atoms with Gasteiger partial charge in [0.15, 0.2) is 16.6 Å². The van der Waals surface area contributed by atoms with Gasteiger partial charge in [0, 0.05) is 24.8 Å². The van der Waals surface area contributed by atoms with Gasteiger partial charge >= 0.3 is 0 Å². The first-order chi connectivity index (χ1) is 12.2. The summed E-state index contributed by atoms with van der Waals surface area (Å²) < 4.78 is 7.15. The molecule has 0 amide bonds. The highest BCUT2D eigenvalue weighted by Crippen LogP contribution is 2.28. The lowest BCUT2D eigenvalue weighted by atomic mass is 10.3. The molecule has 0 fully saturated rings. The number of hydrogen-bond acceptors (Lipinski definition) is 4. The fourth-order valence-electron chi connectivity index (χ4n) is 2.58. The normalized spacial score (nSPS) is 10.6. The number of nitrogens with one attached hydrogen (secondary N) is 2. The van der Waals surface area contributed by atoms with Gasteiger partial charge in [-0.3, -0.25) is 0 Å². The molecule has 3 aromatic rings. The predicted octanol–water partition coefficient (Wildman–Crippen LogP) is 3.13. The third kappa shape index (κ3) is 4.19. The number of hydrogen-bond donors (Lipinski definition) is 3. The van der Waals surface area contributed by atoms with Crippen molar-refractivity contribution in [3.05, 3.63) is 48.8 Å². The van der Waals surface area contributed by atoms with Crippen molar-refractivity contribution in [2.45, 2.75) is 13.0 Å². The minimum Gasteiger partial charge on any atom is -0.504 e. The summed E-state index contributed by atoms with van der Waals surface area (Å²) in [7, 11) is 1.51. The minimum absolute atomic E-state index is 0.0716. The van der Waals surface area contributed by atoms with Crippen molar-refractivity contribution < 1.29 is 9.84 Å². The first-order valence-electron chi connectivity index (χ1n) is 7.99. The molecule has 0 aliphatic carbocycles. The van der Waals surface area contributed by atoms with Crippen molar-refractivity contribution in [3.63, 3.8) is 0 Å². The molecule has 25 heavy (non-hydrogen) atoms. The molecule has 0 aliphatic heterocycles. The lowest BCUT2D eigenvalue weighted by molar-refractivity contribution is 0.373. The molecular formula is C18H20N4O2S. The summed E-state index contributed by atoms with van der Waals surface area (Å²) in [6.45, 7) is 1.60. The van der Waals surface area contributed by atoms with Crippen LogP contribution in [0.3, 0.4) is 0 Å². The molecule has 0 saturated heterocycles. The Balaban J connectivity index is 1.46. The lowest BCUT2D eigenvalue weighted by Crippen LogP contribution is -2.29. The Morgan fingerprint density at radius 1 is 1.28 bits per heavy atom. The monoisotopic (exact) mass is 356 g/mol. The molecule has 3 N–H and O–H groups in total. The van der Waals surface area contributed by atoms with E-state index in [1.807, 2.05) is 24.5 Å². The van der Waals surface area contributed by atoms with E-state index >= 15 is 0 Å². The summed E-state index contributed by atoms with van der Waals surface area (Å²) in [6.07, 6.45) is 2.78. The van der Waals surface area contributed by atoms with Gasteiger partial charge in [0.1, 0.15) is 0 Å². The van der Waals surface area contributed by atoms with Crippen molar-refractivity contribution in [3.8, 4) is 11.5 Å². The Morgan fingerprint density at radius 3 is 2.92 bits per heavy atom. The van der Waals surface area contributed by atoms with Gasteiger partial charge in [0.05, 0.1) is 24.5 Å². The summed E-state index contributed by atoms with van der Waals surface area (Å²) in [5, 5.41) is 16.5. The summed E-state index contributed by atoms with van der Waals surface area (Å²) in [6, 6.07) is 13.1. The molecule has 0 spiro atoms. The molecule has 7 heteroatoms. The smallest absolute Gasteiger partial charge is 0.170 e. The molecule has 0 radical (unpaired) electrons. The van der Waals surface area contributed by atoms with Gasteiger partial charge in [-0.2, -0.15) is 0 Å². The average Bonchev–Trinajstić information content (AvgIpc) is 3.02. The van der Waals surface area contributed by atoms with Gasteiger partial charge in [0.2, 0.25) is 0 Å². The Hall–Kier alpha value is -2.80. The molecule has 0 bridgehead atoms. The number of phenolic OH excluding ortho intramolecular Hbond substituents is 1. The number of aryl methyl sites for hydroxylation is 1. The van der Waals surface area contributed by atoms with Gasteiger partial charge in [-0.05, 0) is 42.9 Å². The van der Waals surface area contributed by atoms with E-state index in [0.717, 1.165) is 30.5 Å². The van der Waals surface area contributed by atoms with Crippen LogP contribution >= 0.6 is 12.2 Å². The van der Waals surface area contributed by atoms with E-state index in [0.29, 0.717) is 16.5 Å². The number of benzene rings is 2. The topological polar surface area (TPSA) is 71.3 Å². The van der Waals surface area contributed by atoms with Crippen molar-refractivity contribution >= 4 is 34.1 Å². The maximum Gasteiger partial charge on any atom is 0.170 e. The largest absolute Gasteiger partial charge is 0.504 e. The lowest BCUT2D eigenvalue weighted by Gasteiger charge is -2.12. The second-order valence-electron chi connectivity index (χ2n) is 5.55. The molecule has 2 aromatic carbocycles. The van der Waals surface area contributed by atoms with E-state index in [9.17, 15) is 5.11 Å². The second kappa shape index (κ2) is 7.85. The number of ether oxygens (including phenoxy) is 1. The first-order valence-corrected chi connectivity index (χ1v) is 8.40. The number of rotatable bonds is 6. The summed E-state index contributed by atoms with van der Waals surface area (Å²) in [5.41, 5.74) is 2.85. The predicted molar refractivity (Wildman–Crippen MR) is 103 cm³/mol. The molecular weight excluding hydrogens is 336 g/mol. The number of methoxy groups -OCH3 is 1. The number of anilines is 1. The van der Waals surface area contributed by atoms with E-state index in [1.54, 1.807) is 18.2 Å². The molecule has 130 valence electrons.